The second-order valence-electron chi connectivity index (χ2n) is 7.81. The molecule has 1 saturated heterocycles. The van der Waals surface area contributed by atoms with Crippen molar-refractivity contribution < 1.29 is 5.11 Å². The number of nitrogens with one attached hydrogen (secondary N) is 2. The summed E-state index contributed by atoms with van der Waals surface area (Å²) in [6.07, 6.45) is 2.53. The van der Waals surface area contributed by atoms with E-state index >= 15 is 0 Å². The fourth-order valence-electron chi connectivity index (χ4n) is 3.44. The van der Waals surface area contributed by atoms with Gasteiger partial charge in [-0.2, -0.15) is 0 Å². The molecule has 1 heterocycles. The third-order valence-electron chi connectivity index (χ3n) is 5.12. The predicted octanol–water partition coefficient (Wildman–Crippen LogP) is 3.19. The van der Waals surface area contributed by atoms with E-state index in [0.717, 1.165) is 31.2 Å². The number of rotatable bonds is 7. The van der Waals surface area contributed by atoms with Crippen LogP contribution in [0.25, 0.3) is 0 Å². The molecular weight excluding hydrogens is 451 g/mol. The van der Waals surface area contributed by atoms with Gasteiger partial charge in [-0.1, -0.05) is 30.3 Å². The Balaban J connectivity index is 0.00000364. The van der Waals surface area contributed by atoms with E-state index < -0.39 is 5.60 Å². The molecule has 0 amide bonds. The molecule has 0 bridgehead atoms. The molecule has 2 rings (SSSR count). The van der Waals surface area contributed by atoms with E-state index in [1.54, 1.807) is 0 Å². The summed E-state index contributed by atoms with van der Waals surface area (Å²) in [6, 6.07) is 10.3. The van der Waals surface area contributed by atoms with Gasteiger partial charge in [0.15, 0.2) is 5.96 Å². The van der Waals surface area contributed by atoms with Gasteiger partial charge in [0.1, 0.15) is 5.60 Å². The minimum absolute atomic E-state index is 0. The summed E-state index contributed by atoms with van der Waals surface area (Å²) < 4.78 is 0. The van der Waals surface area contributed by atoms with Gasteiger partial charge in [0.05, 0.1) is 6.54 Å². The highest BCUT2D eigenvalue weighted by molar-refractivity contribution is 14.0. The number of halogens is 1. The highest BCUT2D eigenvalue weighted by atomic mass is 127. The lowest BCUT2D eigenvalue weighted by atomic mass is 9.96. The van der Waals surface area contributed by atoms with E-state index in [2.05, 4.69) is 41.3 Å². The molecule has 0 spiro atoms. The molecular formula is C21H37IN4O. The quantitative estimate of drug-likeness (QED) is 0.314. The molecule has 3 N–H and O–H groups in total. The second kappa shape index (κ2) is 11.9. The fraction of sp³-hybridized carbons (Fsp3) is 0.667. The molecule has 6 heteroatoms. The SMILES string of the molecule is CCNC(=NCC(C)(O)c1ccccc1)NCC1CCCN(C(C)C)C1.I. The first-order chi connectivity index (χ1) is 12.4. The smallest absolute Gasteiger partial charge is 0.191 e. The van der Waals surface area contributed by atoms with Crippen molar-refractivity contribution in [2.75, 3.05) is 32.7 Å². The Labute approximate surface area is 182 Å². The molecule has 0 radical (unpaired) electrons. The van der Waals surface area contributed by atoms with Crippen molar-refractivity contribution in [3.05, 3.63) is 35.9 Å². The highest BCUT2D eigenvalue weighted by Crippen LogP contribution is 2.20. The number of piperidine rings is 1. The first-order valence-corrected chi connectivity index (χ1v) is 9.96. The van der Waals surface area contributed by atoms with Gasteiger partial charge in [0.25, 0.3) is 0 Å². The van der Waals surface area contributed by atoms with Crippen LogP contribution in [0.2, 0.25) is 0 Å². The maximum atomic E-state index is 10.7. The van der Waals surface area contributed by atoms with Gasteiger partial charge in [-0.3, -0.25) is 0 Å². The summed E-state index contributed by atoms with van der Waals surface area (Å²) in [4.78, 5) is 7.19. The van der Waals surface area contributed by atoms with E-state index in [0.29, 0.717) is 18.5 Å². The van der Waals surface area contributed by atoms with Crippen molar-refractivity contribution in [3.63, 3.8) is 0 Å². The number of nitrogens with zero attached hydrogens (tertiary/aromatic N) is 2. The first kappa shape index (κ1) is 24.2. The van der Waals surface area contributed by atoms with Crippen LogP contribution in [0.4, 0.5) is 0 Å². The number of hydrogen-bond acceptors (Lipinski definition) is 3. The first-order valence-electron chi connectivity index (χ1n) is 9.96. The lowest BCUT2D eigenvalue weighted by Gasteiger charge is -2.35. The van der Waals surface area contributed by atoms with Crippen LogP contribution in [0.15, 0.2) is 35.3 Å². The number of hydrogen-bond donors (Lipinski definition) is 3. The Hall–Kier alpha value is -0.860. The van der Waals surface area contributed by atoms with Crippen molar-refractivity contribution in [2.24, 2.45) is 10.9 Å². The predicted molar refractivity (Wildman–Crippen MR) is 125 cm³/mol. The molecule has 0 saturated carbocycles. The molecule has 0 aliphatic carbocycles. The third kappa shape index (κ3) is 7.95. The third-order valence-corrected chi connectivity index (χ3v) is 5.12. The van der Waals surface area contributed by atoms with Gasteiger partial charge in [0.2, 0.25) is 0 Å². The summed E-state index contributed by atoms with van der Waals surface area (Å²) in [7, 11) is 0. The van der Waals surface area contributed by atoms with Crippen molar-refractivity contribution >= 4 is 29.9 Å². The van der Waals surface area contributed by atoms with E-state index in [9.17, 15) is 5.11 Å². The molecule has 154 valence electrons. The summed E-state index contributed by atoms with van der Waals surface area (Å²) >= 11 is 0. The van der Waals surface area contributed by atoms with Gasteiger partial charge in [-0.25, -0.2) is 4.99 Å². The summed E-state index contributed by atoms with van der Waals surface area (Å²) in [5.74, 6) is 1.43. The van der Waals surface area contributed by atoms with Crippen molar-refractivity contribution in [3.8, 4) is 0 Å². The van der Waals surface area contributed by atoms with Crippen LogP contribution < -0.4 is 10.6 Å². The molecule has 1 aliphatic heterocycles. The molecule has 2 atom stereocenters. The zero-order valence-corrected chi connectivity index (χ0v) is 19.6. The molecule has 5 nitrogen and oxygen atoms in total. The largest absolute Gasteiger partial charge is 0.384 e. The van der Waals surface area contributed by atoms with Crippen LogP contribution in [-0.4, -0.2) is 54.7 Å². The van der Waals surface area contributed by atoms with Crippen molar-refractivity contribution in [1.29, 1.82) is 0 Å². The molecule has 1 fully saturated rings. The van der Waals surface area contributed by atoms with Crippen LogP contribution in [-0.2, 0) is 5.60 Å². The standard InChI is InChI=1S/C21H36N4O.HI/c1-5-22-20(23-14-18-10-9-13-25(15-18)17(2)3)24-16-21(4,26)19-11-7-6-8-12-19;/h6-8,11-12,17-18,26H,5,9-10,13-16H2,1-4H3,(H2,22,23,24);1H. The van der Waals surface area contributed by atoms with Gasteiger partial charge >= 0.3 is 0 Å². The minimum Gasteiger partial charge on any atom is -0.384 e. The van der Waals surface area contributed by atoms with Crippen LogP contribution in [0.3, 0.4) is 0 Å². The van der Waals surface area contributed by atoms with Crippen molar-refractivity contribution in [1.82, 2.24) is 15.5 Å². The van der Waals surface area contributed by atoms with Crippen LogP contribution in [0.1, 0.15) is 46.1 Å². The van der Waals surface area contributed by atoms with Gasteiger partial charge in [-0.15, -0.1) is 24.0 Å². The average Bonchev–Trinajstić information content (AvgIpc) is 2.65. The summed E-state index contributed by atoms with van der Waals surface area (Å²) in [6.45, 7) is 12.8. The number of aliphatic hydroxyl groups is 1. The van der Waals surface area contributed by atoms with Crippen LogP contribution in [0, 0.1) is 5.92 Å². The van der Waals surface area contributed by atoms with Gasteiger partial charge in [-0.05, 0) is 58.6 Å². The average molecular weight is 488 g/mol. The Morgan fingerprint density at radius 2 is 2.00 bits per heavy atom. The molecule has 1 aromatic rings. The highest BCUT2D eigenvalue weighted by Gasteiger charge is 2.24. The Kier molecular flexibility index (Phi) is 10.6. The second-order valence-corrected chi connectivity index (χ2v) is 7.81. The molecule has 1 aliphatic rings. The zero-order chi connectivity index (χ0) is 19.0. The number of aliphatic imine (C=N–C) groups is 1. The zero-order valence-electron chi connectivity index (χ0n) is 17.2. The summed E-state index contributed by atoms with van der Waals surface area (Å²) in [5, 5.41) is 17.5. The molecule has 27 heavy (non-hydrogen) atoms. The normalized spacial score (nSPS) is 20.7. The molecule has 2 unspecified atom stereocenters. The maximum absolute atomic E-state index is 10.7. The van der Waals surface area contributed by atoms with E-state index in [1.807, 2.05) is 37.3 Å². The van der Waals surface area contributed by atoms with Crippen molar-refractivity contribution in [2.45, 2.75) is 52.2 Å². The topological polar surface area (TPSA) is 59.9 Å². The fourth-order valence-corrected chi connectivity index (χ4v) is 3.44. The van der Waals surface area contributed by atoms with Crippen LogP contribution >= 0.6 is 24.0 Å². The van der Waals surface area contributed by atoms with Gasteiger partial charge in [0, 0.05) is 25.7 Å². The lowest BCUT2D eigenvalue weighted by Crippen LogP contribution is -2.46. The Bertz CT molecular complexity index is 563. The molecule has 0 aromatic heterocycles. The number of guanidine groups is 1. The van der Waals surface area contributed by atoms with Crippen LogP contribution in [0.5, 0.6) is 0 Å². The monoisotopic (exact) mass is 488 g/mol. The van der Waals surface area contributed by atoms with E-state index in [1.165, 1.54) is 19.4 Å². The minimum atomic E-state index is -0.969. The molecule has 1 aromatic carbocycles. The summed E-state index contributed by atoms with van der Waals surface area (Å²) in [5.41, 5.74) is -0.0810. The Morgan fingerprint density at radius 3 is 2.63 bits per heavy atom. The van der Waals surface area contributed by atoms with E-state index in [4.69, 9.17) is 0 Å². The van der Waals surface area contributed by atoms with E-state index in [-0.39, 0.29) is 24.0 Å². The number of benzene rings is 1. The maximum Gasteiger partial charge on any atom is 0.191 e. The Morgan fingerprint density at radius 1 is 1.30 bits per heavy atom. The lowest BCUT2D eigenvalue weighted by molar-refractivity contribution is 0.0672. The van der Waals surface area contributed by atoms with Gasteiger partial charge < -0.3 is 20.6 Å². The number of likely N-dealkylation sites (tertiary alicyclic amines) is 1.